The van der Waals surface area contributed by atoms with E-state index < -0.39 is 33.5 Å². The fourth-order valence-electron chi connectivity index (χ4n) is 3.34. The fourth-order valence-corrected chi connectivity index (χ4v) is 4.24. The molecule has 2 atom stereocenters. The number of hydrogen-bond donors (Lipinski definition) is 1. The highest BCUT2D eigenvalue weighted by Crippen LogP contribution is 2.38. The minimum Gasteiger partial charge on any atom is -0.443 e. The summed E-state index contributed by atoms with van der Waals surface area (Å²) in [6.07, 6.45) is 3.06. The zero-order valence-corrected chi connectivity index (χ0v) is 19.6. The van der Waals surface area contributed by atoms with E-state index in [0.29, 0.717) is 17.7 Å². The molecule has 0 saturated heterocycles. The van der Waals surface area contributed by atoms with Crippen molar-refractivity contribution in [2.24, 2.45) is 5.92 Å². The van der Waals surface area contributed by atoms with Crippen LogP contribution in [0.1, 0.15) is 72.3 Å². The Kier molecular flexibility index (Phi) is 7.32. The van der Waals surface area contributed by atoms with Crippen LogP contribution in [0.5, 0.6) is 0 Å². The second-order valence-corrected chi connectivity index (χ2v) is 11.2. The van der Waals surface area contributed by atoms with Crippen molar-refractivity contribution in [2.45, 2.75) is 77.9 Å². The largest absolute Gasteiger partial charge is 0.443 e. The minimum atomic E-state index is -4.02. The summed E-state index contributed by atoms with van der Waals surface area (Å²) in [5.74, 6) is -0.565. The van der Waals surface area contributed by atoms with Gasteiger partial charge >= 0.3 is 12.2 Å². The lowest BCUT2D eigenvalue weighted by molar-refractivity contribution is 0.0427. The second-order valence-electron chi connectivity index (χ2n) is 9.74. The number of imide groups is 1. The van der Waals surface area contributed by atoms with Gasteiger partial charge in [0, 0.05) is 12.4 Å². The molecule has 1 fully saturated rings. The fraction of sp³-hybridized carbons (Fsp3) is 0.700. The Morgan fingerprint density at radius 3 is 1.94 bits per heavy atom. The Morgan fingerprint density at radius 1 is 1.03 bits per heavy atom. The maximum absolute atomic E-state index is 12.6. The van der Waals surface area contributed by atoms with Crippen molar-refractivity contribution in [3.05, 3.63) is 18.0 Å². The van der Waals surface area contributed by atoms with Crippen molar-refractivity contribution >= 4 is 28.3 Å². The van der Waals surface area contributed by atoms with Crippen LogP contribution in [-0.4, -0.2) is 52.1 Å². The molecule has 1 saturated carbocycles. The van der Waals surface area contributed by atoms with Crippen molar-refractivity contribution in [2.75, 3.05) is 10.7 Å². The molecule has 174 valence electrons. The average molecular weight is 458 g/mol. The third-order valence-electron chi connectivity index (χ3n) is 4.47. The topological polar surface area (TPSA) is 136 Å². The number of carbonyl (C=O) groups is 2. The molecule has 2 rings (SSSR count). The summed E-state index contributed by atoms with van der Waals surface area (Å²) in [5, 5.41) is 0. The average Bonchev–Trinajstić information content (AvgIpc) is 2.98. The normalized spacial score (nSPS) is 19.7. The third kappa shape index (κ3) is 8.06. The van der Waals surface area contributed by atoms with Gasteiger partial charge in [0.1, 0.15) is 11.2 Å². The van der Waals surface area contributed by atoms with E-state index in [9.17, 15) is 18.0 Å². The van der Waals surface area contributed by atoms with Crippen molar-refractivity contribution in [1.82, 2.24) is 9.97 Å². The van der Waals surface area contributed by atoms with E-state index in [4.69, 9.17) is 14.0 Å². The first kappa shape index (κ1) is 25.0. The van der Waals surface area contributed by atoms with Crippen LogP contribution in [0.3, 0.4) is 0 Å². The monoisotopic (exact) mass is 457 g/mol. The lowest BCUT2D eigenvalue weighted by atomic mass is 10.00. The number of carbonyl (C=O) groups excluding carboxylic acids is 2. The lowest BCUT2D eigenvalue weighted by Crippen LogP contribution is -2.44. The zero-order valence-electron chi connectivity index (χ0n) is 18.8. The van der Waals surface area contributed by atoms with Gasteiger partial charge in [0.05, 0.1) is 5.75 Å². The number of rotatable bonds is 4. The van der Waals surface area contributed by atoms with Gasteiger partial charge in [0.15, 0.2) is 0 Å². The van der Waals surface area contributed by atoms with Crippen LogP contribution in [0, 0.1) is 5.92 Å². The van der Waals surface area contributed by atoms with Crippen LogP contribution in [0.15, 0.2) is 12.4 Å². The summed E-state index contributed by atoms with van der Waals surface area (Å²) in [6.45, 7) is 10.0. The first-order valence-electron chi connectivity index (χ1n) is 10.1. The number of ether oxygens (including phenoxy) is 2. The van der Waals surface area contributed by atoms with Crippen molar-refractivity contribution < 1.29 is 32.0 Å². The van der Waals surface area contributed by atoms with Gasteiger partial charge in [-0.15, -0.1) is 4.90 Å². The number of amides is 2. The molecular formula is C20H31N3O7S. The smallest absolute Gasteiger partial charge is 0.427 e. The van der Waals surface area contributed by atoms with Gasteiger partial charge in [-0.25, -0.2) is 19.6 Å². The minimum absolute atomic E-state index is 0.0253. The maximum Gasteiger partial charge on any atom is 0.427 e. The number of anilines is 1. The van der Waals surface area contributed by atoms with E-state index in [2.05, 4.69) is 9.97 Å². The van der Waals surface area contributed by atoms with Crippen molar-refractivity contribution in [1.29, 1.82) is 0 Å². The lowest BCUT2D eigenvalue weighted by Gasteiger charge is -2.27. The van der Waals surface area contributed by atoms with Crippen LogP contribution in [0.25, 0.3) is 0 Å². The molecule has 0 unspecified atom stereocenters. The van der Waals surface area contributed by atoms with Crippen LogP contribution in [0.2, 0.25) is 0 Å². The Bertz CT molecular complexity index is 874. The molecule has 0 spiro atoms. The van der Waals surface area contributed by atoms with Crippen LogP contribution in [-0.2, 0) is 19.6 Å². The summed E-state index contributed by atoms with van der Waals surface area (Å²) in [4.78, 5) is 34.3. The summed E-state index contributed by atoms with van der Waals surface area (Å²) in [7, 11) is -4.02. The van der Waals surface area contributed by atoms with Gasteiger partial charge in [0.25, 0.3) is 10.1 Å². The highest BCUT2D eigenvalue weighted by molar-refractivity contribution is 7.85. The second kappa shape index (κ2) is 9.07. The van der Waals surface area contributed by atoms with Crippen molar-refractivity contribution in [3.8, 4) is 0 Å². The van der Waals surface area contributed by atoms with Crippen LogP contribution < -0.4 is 4.90 Å². The first-order chi connectivity index (χ1) is 14.0. The van der Waals surface area contributed by atoms with Crippen molar-refractivity contribution in [3.63, 3.8) is 0 Å². The molecule has 11 heteroatoms. The predicted molar refractivity (Wildman–Crippen MR) is 113 cm³/mol. The molecule has 0 radical (unpaired) electrons. The van der Waals surface area contributed by atoms with Gasteiger partial charge in [-0.05, 0) is 78.2 Å². The molecular weight excluding hydrogens is 426 g/mol. The Balaban J connectivity index is 2.21. The maximum atomic E-state index is 12.6. The molecule has 1 aliphatic carbocycles. The summed E-state index contributed by atoms with van der Waals surface area (Å²) < 4.78 is 41.9. The third-order valence-corrected chi connectivity index (χ3v) is 5.36. The molecule has 0 bridgehead atoms. The summed E-state index contributed by atoms with van der Waals surface area (Å²) in [6, 6.07) is 0. The van der Waals surface area contributed by atoms with E-state index in [0.717, 1.165) is 12.0 Å². The molecule has 1 aliphatic rings. The van der Waals surface area contributed by atoms with Gasteiger partial charge in [0.2, 0.25) is 5.95 Å². The highest BCUT2D eigenvalue weighted by Gasteiger charge is 2.35. The SMILES string of the molecule is CC(C)(C)OC(=O)N(C(=O)OC(C)(C)C)c1ncc([C@@H]2CC[C@@H](CS(=O)(=O)O)C2)cn1. The predicted octanol–water partition coefficient (Wildman–Crippen LogP) is 3.92. The van der Waals surface area contributed by atoms with Crippen LogP contribution >= 0.6 is 0 Å². The standard InChI is InChI=1S/C20H31N3O7S/c1-19(2,3)29-17(24)23(18(25)30-20(4,5)6)16-21-10-15(11-22-16)14-8-7-13(9-14)12-31(26,27)28/h10-11,13-14H,7-9,12H2,1-6H3,(H,26,27,28)/t13-,14-/m1/s1. The van der Waals surface area contributed by atoms with Gasteiger partial charge in [-0.3, -0.25) is 4.55 Å². The molecule has 0 aliphatic heterocycles. The molecule has 0 aromatic carbocycles. The van der Waals surface area contributed by atoms with E-state index in [-0.39, 0.29) is 23.5 Å². The van der Waals surface area contributed by atoms with Gasteiger partial charge in [-0.1, -0.05) is 0 Å². The molecule has 1 aromatic rings. The summed E-state index contributed by atoms with van der Waals surface area (Å²) >= 11 is 0. The number of aromatic nitrogens is 2. The number of nitrogens with zero attached hydrogens (tertiary/aromatic N) is 3. The van der Waals surface area contributed by atoms with E-state index in [1.54, 1.807) is 41.5 Å². The van der Waals surface area contributed by atoms with E-state index >= 15 is 0 Å². The Labute approximate surface area is 183 Å². The number of hydrogen-bond acceptors (Lipinski definition) is 8. The Hall–Kier alpha value is -2.27. The zero-order chi connectivity index (χ0) is 23.6. The Morgan fingerprint density at radius 2 is 1.52 bits per heavy atom. The molecule has 1 heterocycles. The molecule has 2 amide bonds. The quantitative estimate of drug-likeness (QED) is 0.667. The molecule has 1 aromatic heterocycles. The van der Waals surface area contributed by atoms with Gasteiger partial charge < -0.3 is 9.47 Å². The highest BCUT2D eigenvalue weighted by atomic mass is 32.2. The summed E-state index contributed by atoms with van der Waals surface area (Å²) in [5.41, 5.74) is -0.929. The molecule has 31 heavy (non-hydrogen) atoms. The molecule has 1 N–H and O–H groups in total. The molecule has 10 nitrogen and oxygen atoms in total. The van der Waals surface area contributed by atoms with Gasteiger partial charge in [-0.2, -0.15) is 8.42 Å². The van der Waals surface area contributed by atoms with Crippen LogP contribution in [0.4, 0.5) is 15.5 Å². The van der Waals surface area contributed by atoms with E-state index in [1.807, 2.05) is 0 Å². The van der Waals surface area contributed by atoms with E-state index in [1.165, 1.54) is 12.4 Å². The first-order valence-corrected chi connectivity index (χ1v) is 11.7.